The smallest absolute Gasteiger partial charge is 0.312 e. The van der Waals surface area contributed by atoms with Crippen molar-refractivity contribution in [3.05, 3.63) is 34.7 Å². The average Bonchev–Trinajstić information content (AvgIpc) is 3.06. The van der Waals surface area contributed by atoms with E-state index in [1.807, 2.05) is 31.4 Å². The van der Waals surface area contributed by atoms with Gasteiger partial charge in [-0.25, -0.2) is 4.98 Å². The van der Waals surface area contributed by atoms with Crippen molar-refractivity contribution in [2.24, 2.45) is 0 Å². The van der Waals surface area contributed by atoms with E-state index >= 15 is 0 Å². The van der Waals surface area contributed by atoms with E-state index in [0.29, 0.717) is 25.3 Å². The Kier molecular flexibility index (Phi) is 5.32. The summed E-state index contributed by atoms with van der Waals surface area (Å²) in [7, 11) is 0. The van der Waals surface area contributed by atoms with Crippen LogP contribution in [-0.2, 0) is 14.4 Å². The predicted octanol–water partition coefficient (Wildman–Crippen LogP) is 1.75. The predicted molar refractivity (Wildman–Crippen MR) is 99.8 cm³/mol. The summed E-state index contributed by atoms with van der Waals surface area (Å²) in [4.78, 5) is 43.3. The van der Waals surface area contributed by atoms with Gasteiger partial charge in [-0.3, -0.25) is 14.4 Å². The molecule has 1 aliphatic rings. The van der Waals surface area contributed by atoms with E-state index in [1.165, 1.54) is 9.80 Å². The van der Waals surface area contributed by atoms with E-state index < -0.39 is 11.8 Å². The molecule has 2 aromatic rings. The summed E-state index contributed by atoms with van der Waals surface area (Å²) in [5.74, 6) is -1.50. The molecule has 3 rings (SSSR count). The molecule has 1 aromatic heterocycles. The van der Waals surface area contributed by atoms with Crippen LogP contribution in [0.2, 0.25) is 0 Å². The van der Waals surface area contributed by atoms with Gasteiger partial charge in [0.1, 0.15) is 6.54 Å². The van der Waals surface area contributed by atoms with Crippen molar-refractivity contribution in [1.82, 2.24) is 14.8 Å². The lowest BCUT2D eigenvalue weighted by Crippen LogP contribution is -2.55. The van der Waals surface area contributed by atoms with Crippen molar-refractivity contribution in [2.45, 2.75) is 13.8 Å². The normalized spacial score (nSPS) is 14.7. The molecule has 2 heterocycles. The highest BCUT2D eigenvalue weighted by atomic mass is 32.1. The Hall–Kier alpha value is -2.74. The lowest BCUT2D eigenvalue weighted by Gasteiger charge is -2.32. The van der Waals surface area contributed by atoms with E-state index in [1.54, 1.807) is 23.5 Å². The number of aromatic nitrogens is 1. The fourth-order valence-corrected chi connectivity index (χ4v) is 3.38. The number of piperazine rings is 1. The minimum Gasteiger partial charge on any atom is -0.333 e. The number of hydrogen-bond acceptors (Lipinski definition) is 5. The van der Waals surface area contributed by atoms with E-state index in [0.717, 1.165) is 16.3 Å². The Morgan fingerprint density at radius 1 is 1.15 bits per heavy atom. The summed E-state index contributed by atoms with van der Waals surface area (Å²) >= 11 is 1.59. The molecule has 0 saturated carbocycles. The van der Waals surface area contributed by atoms with Crippen LogP contribution < -0.4 is 5.32 Å². The number of aryl methyl sites for hydroxylation is 1. The molecular weight excluding hydrogens is 352 g/mol. The molecule has 0 unspecified atom stereocenters. The van der Waals surface area contributed by atoms with Gasteiger partial charge in [0.05, 0.1) is 10.7 Å². The van der Waals surface area contributed by atoms with E-state index in [9.17, 15) is 14.4 Å². The zero-order valence-electron chi connectivity index (χ0n) is 14.7. The number of thiazole rings is 1. The number of nitrogens with one attached hydrogen (secondary N) is 1. The molecule has 0 spiro atoms. The molecule has 0 atom stereocenters. The molecule has 0 bridgehead atoms. The molecule has 136 valence electrons. The fourth-order valence-electron chi connectivity index (χ4n) is 2.76. The molecule has 1 N–H and O–H groups in total. The Labute approximate surface area is 155 Å². The highest BCUT2D eigenvalue weighted by molar-refractivity contribution is 7.09. The van der Waals surface area contributed by atoms with Gasteiger partial charge >= 0.3 is 11.8 Å². The van der Waals surface area contributed by atoms with Gasteiger partial charge in [-0.2, -0.15) is 0 Å². The number of benzene rings is 1. The molecule has 1 aromatic carbocycles. The van der Waals surface area contributed by atoms with Crippen LogP contribution in [0.25, 0.3) is 11.3 Å². The second kappa shape index (κ2) is 7.65. The number of rotatable bonds is 5. The minimum atomic E-state index is -0.623. The zero-order chi connectivity index (χ0) is 18.7. The molecule has 3 amide bonds. The summed E-state index contributed by atoms with van der Waals surface area (Å²) in [6.45, 7) is 4.97. The van der Waals surface area contributed by atoms with Crippen LogP contribution in [0.1, 0.15) is 11.9 Å². The third kappa shape index (κ3) is 3.91. The standard InChI is InChI=1S/C18H20N4O3S/c1-3-21-8-9-22(18(25)17(21)24)10-16(23)20-14-6-4-13(5-7-14)15-11-26-12(2)19-15/h4-7,11H,3,8-10H2,1-2H3,(H,20,23). The third-order valence-corrected chi connectivity index (χ3v) is 4.97. The van der Waals surface area contributed by atoms with Gasteiger partial charge in [0.25, 0.3) is 0 Å². The monoisotopic (exact) mass is 372 g/mol. The number of anilines is 1. The average molecular weight is 372 g/mol. The molecular formula is C18H20N4O3S. The van der Waals surface area contributed by atoms with Crippen LogP contribution in [-0.4, -0.2) is 58.7 Å². The quantitative estimate of drug-likeness (QED) is 0.811. The SMILES string of the molecule is CCN1CCN(CC(=O)Nc2ccc(-c3csc(C)n3)cc2)C(=O)C1=O. The molecule has 0 radical (unpaired) electrons. The first-order valence-electron chi connectivity index (χ1n) is 8.38. The number of carbonyl (C=O) groups is 3. The van der Waals surface area contributed by atoms with Crippen LogP contribution >= 0.6 is 11.3 Å². The molecule has 8 heteroatoms. The summed E-state index contributed by atoms with van der Waals surface area (Å²) in [6.07, 6.45) is 0. The van der Waals surface area contributed by atoms with Crippen molar-refractivity contribution in [3.8, 4) is 11.3 Å². The molecule has 1 fully saturated rings. The van der Waals surface area contributed by atoms with Gasteiger partial charge in [-0.1, -0.05) is 12.1 Å². The van der Waals surface area contributed by atoms with Crippen molar-refractivity contribution < 1.29 is 14.4 Å². The maximum absolute atomic E-state index is 12.2. The molecule has 26 heavy (non-hydrogen) atoms. The van der Waals surface area contributed by atoms with Crippen LogP contribution in [0, 0.1) is 6.92 Å². The summed E-state index contributed by atoms with van der Waals surface area (Å²) in [5, 5.41) is 5.75. The lowest BCUT2D eigenvalue weighted by atomic mass is 10.1. The van der Waals surface area contributed by atoms with Gasteiger partial charge in [0.2, 0.25) is 5.91 Å². The van der Waals surface area contributed by atoms with E-state index in [2.05, 4.69) is 10.3 Å². The summed E-state index contributed by atoms with van der Waals surface area (Å²) in [5.41, 5.74) is 2.52. The molecule has 0 aliphatic carbocycles. The number of carbonyl (C=O) groups excluding carboxylic acids is 3. The molecule has 1 aliphatic heterocycles. The first kappa shape index (κ1) is 18.1. The maximum Gasteiger partial charge on any atom is 0.312 e. The molecule has 7 nitrogen and oxygen atoms in total. The summed E-state index contributed by atoms with van der Waals surface area (Å²) < 4.78 is 0. The lowest BCUT2D eigenvalue weighted by molar-refractivity contribution is -0.156. The Morgan fingerprint density at radius 3 is 2.42 bits per heavy atom. The minimum absolute atomic E-state index is 0.130. The van der Waals surface area contributed by atoms with Gasteiger partial charge in [-0.05, 0) is 26.0 Å². The Balaban J connectivity index is 1.58. The highest BCUT2D eigenvalue weighted by Gasteiger charge is 2.32. The highest BCUT2D eigenvalue weighted by Crippen LogP contribution is 2.23. The second-order valence-electron chi connectivity index (χ2n) is 5.99. The number of likely N-dealkylation sites (N-methyl/N-ethyl adjacent to an activating group) is 1. The zero-order valence-corrected chi connectivity index (χ0v) is 15.5. The molecule has 1 saturated heterocycles. The topological polar surface area (TPSA) is 82.6 Å². The second-order valence-corrected chi connectivity index (χ2v) is 7.05. The first-order chi connectivity index (χ1) is 12.5. The maximum atomic E-state index is 12.2. The number of amides is 3. The van der Waals surface area contributed by atoms with Crippen LogP contribution in [0.15, 0.2) is 29.6 Å². The Bertz CT molecular complexity index is 831. The number of nitrogens with zero attached hydrogens (tertiary/aromatic N) is 3. The van der Waals surface area contributed by atoms with E-state index in [-0.39, 0.29) is 12.5 Å². The van der Waals surface area contributed by atoms with Crippen LogP contribution in [0.4, 0.5) is 5.69 Å². The number of hydrogen-bond donors (Lipinski definition) is 1. The van der Waals surface area contributed by atoms with Gasteiger partial charge in [-0.15, -0.1) is 11.3 Å². The van der Waals surface area contributed by atoms with E-state index in [4.69, 9.17) is 0 Å². The van der Waals surface area contributed by atoms with Crippen LogP contribution in [0.3, 0.4) is 0 Å². The van der Waals surface area contributed by atoms with Gasteiger partial charge < -0.3 is 15.1 Å². The van der Waals surface area contributed by atoms with Crippen molar-refractivity contribution >= 4 is 34.7 Å². The van der Waals surface area contributed by atoms with Crippen molar-refractivity contribution in [3.63, 3.8) is 0 Å². The van der Waals surface area contributed by atoms with Gasteiger partial charge in [0, 0.05) is 36.3 Å². The van der Waals surface area contributed by atoms with Crippen LogP contribution in [0.5, 0.6) is 0 Å². The largest absolute Gasteiger partial charge is 0.333 e. The fraction of sp³-hybridized carbons (Fsp3) is 0.333. The Morgan fingerprint density at radius 2 is 1.81 bits per heavy atom. The third-order valence-electron chi connectivity index (χ3n) is 4.20. The van der Waals surface area contributed by atoms with Crippen molar-refractivity contribution in [2.75, 3.05) is 31.5 Å². The first-order valence-corrected chi connectivity index (χ1v) is 9.26. The summed E-state index contributed by atoms with van der Waals surface area (Å²) in [6, 6.07) is 7.37. The van der Waals surface area contributed by atoms with Gasteiger partial charge in [0.15, 0.2) is 0 Å². The van der Waals surface area contributed by atoms with Crippen molar-refractivity contribution in [1.29, 1.82) is 0 Å².